The number of aromatic nitrogens is 1. The van der Waals surface area contributed by atoms with Crippen molar-refractivity contribution in [3.05, 3.63) is 136 Å². The van der Waals surface area contributed by atoms with Crippen molar-refractivity contribution in [2.24, 2.45) is 7.05 Å². The standard InChI is InChI=1S/C41H40N4O5/c1-25-10-16-34(17-11-25)50-41(49)44-22-30-19-36(38-21-35(27(3)42(38)4)39(47)43(5)32-12-14-33(46)15-13-32)37(20-31(30)23-44)40(48)45-24-29-9-7-6-8-28(29)18-26(45)2/h6-17,19-21,26,46H,18,22-24H2,1-5H3/t26-/m1/s1. The van der Waals surface area contributed by atoms with E-state index in [4.69, 9.17) is 4.74 Å². The Morgan fingerprint density at radius 3 is 2.16 bits per heavy atom. The second kappa shape index (κ2) is 12.9. The summed E-state index contributed by atoms with van der Waals surface area (Å²) in [4.78, 5) is 46.9. The van der Waals surface area contributed by atoms with Crippen LogP contribution in [0, 0.1) is 13.8 Å². The molecule has 0 bridgehead atoms. The number of ether oxygens (including phenoxy) is 1. The fraction of sp³-hybridized carbons (Fsp3) is 0.244. The summed E-state index contributed by atoms with van der Waals surface area (Å²) in [5.74, 6) is 0.282. The summed E-state index contributed by atoms with van der Waals surface area (Å²) in [5.41, 5.74) is 9.10. The zero-order valence-corrected chi connectivity index (χ0v) is 28.9. The molecule has 2 aliphatic rings. The maximum Gasteiger partial charge on any atom is 0.415 e. The van der Waals surface area contributed by atoms with Crippen LogP contribution >= 0.6 is 0 Å². The monoisotopic (exact) mass is 668 g/mol. The van der Waals surface area contributed by atoms with Crippen molar-refractivity contribution in [2.45, 2.75) is 52.9 Å². The van der Waals surface area contributed by atoms with Gasteiger partial charge >= 0.3 is 6.09 Å². The first-order valence-corrected chi connectivity index (χ1v) is 16.8. The molecule has 5 aromatic rings. The Labute approximate surface area is 291 Å². The van der Waals surface area contributed by atoms with E-state index in [1.54, 1.807) is 53.2 Å². The van der Waals surface area contributed by atoms with Gasteiger partial charge in [0.25, 0.3) is 11.8 Å². The van der Waals surface area contributed by atoms with E-state index < -0.39 is 6.09 Å². The molecule has 0 saturated carbocycles. The van der Waals surface area contributed by atoms with E-state index in [1.807, 2.05) is 72.8 Å². The number of nitrogens with zero attached hydrogens (tertiary/aromatic N) is 4. The highest BCUT2D eigenvalue weighted by Gasteiger charge is 2.33. The number of anilines is 1. The Hall–Kier alpha value is -5.83. The zero-order chi connectivity index (χ0) is 35.3. The fourth-order valence-corrected chi connectivity index (χ4v) is 6.99. The molecule has 9 nitrogen and oxygen atoms in total. The smallest absolute Gasteiger partial charge is 0.415 e. The van der Waals surface area contributed by atoms with Gasteiger partial charge in [-0.1, -0.05) is 42.0 Å². The van der Waals surface area contributed by atoms with Gasteiger partial charge in [-0.3, -0.25) is 14.5 Å². The van der Waals surface area contributed by atoms with Crippen molar-refractivity contribution in [1.29, 1.82) is 0 Å². The van der Waals surface area contributed by atoms with Gasteiger partial charge in [0.1, 0.15) is 11.5 Å². The van der Waals surface area contributed by atoms with Crippen LogP contribution < -0.4 is 9.64 Å². The van der Waals surface area contributed by atoms with Gasteiger partial charge in [0.05, 0.1) is 5.56 Å². The summed E-state index contributed by atoms with van der Waals surface area (Å²) < 4.78 is 7.65. The predicted octanol–water partition coefficient (Wildman–Crippen LogP) is 7.39. The molecular weight excluding hydrogens is 628 g/mol. The third-order valence-electron chi connectivity index (χ3n) is 10.1. The van der Waals surface area contributed by atoms with Crippen molar-refractivity contribution < 1.29 is 24.2 Å². The number of carbonyl (C=O) groups is 3. The molecule has 0 spiro atoms. The van der Waals surface area contributed by atoms with Gasteiger partial charge in [-0.25, -0.2) is 4.79 Å². The number of hydrogen-bond acceptors (Lipinski definition) is 5. The molecule has 1 aromatic heterocycles. The number of hydrogen-bond donors (Lipinski definition) is 1. The third kappa shape index (κ3) is 6.00. The molecule has 0 unspecified atom stereocenters. The Morgan fingerprint density at radius 1 is 0.800 bits per heavy atom. The minimum Gasteiger partial charge on any atom is -0.508 e. The van der Waals surface area contributed by atoms with Crippen LogP contribution in [0.5, 0.6) is 11.5 Å². The Morgan fingerprint density at radius 2 is 1.46 bits per heavy atom. The minimum absolute atomic E-state index is 0.0225. The molecule has 3 heterocycles. The molecule has 1 atom stereocenters. The van der Waals surface area contributed by atoms with Crippen molar-refractivity contribution in [1.82, 2.24) is 14.4 Å². The molecule has 9 heteroatoms. The maximum absolute atomic E-state index is 14.7. The molecule has 7 rings (SSSR count). The van der Waals surface area contributed by atoms with E-state index in [2.05, 4.69) is 19.1 Å². The number of fused-ring (bicyclic) bond motifs is 2. The van der Waals surface area contributed by atoms with Crippen LogP contribution in [0.2, 0.25) is 0 Å². The Balaban J connectivity index is 1.27. The van der Waals surface area contributed by atoms with E-state index in [0.717, 1.165) is 40.1 Å². The number of carbonyl (C=O) groups excluding carboxylic acids is 3. The van der Waals surface area contributed by atoms with E-state index in [9.17, 15) is 19.5 Å². The van der Waals surface area contributed by atoms with Crippen molar-refractivity contribution >= 4 is 23.6 Å². The van der Waals surface area contributed by atoms with Gasteiger partial charge in [0.2, 0.25) is 0 Å². The predicted molar refractivity (Wildman–Crippen MR) is 192 cm³/mol. The molecule has 2 aliphatic heterocycles. The molecule has 254 valence electrons. The lowest BCUT2D eigenvalue weighted by atomic mass is 9.92. The first-order chi connectivity index (χ1) is 24.0. The maximum atomic E-state index is 14.7. The van der Waals surface area contributed by atoms with Gasteiger partial charge in [0, 0.05) is 68.0 Å². The summed E-state index contributed by atoms with van der Waals surface area (Å²) in [6.45, 7) is 7.08. The Kier molecular flexibility index (Phi) is 8.43. The quantitative estimate of drug-likeness (QED) is 0.211. The molecule has 4 aromatic carbocycles. The molecule has 0 saturated heterocycles. The van der Waals surface area contributed by atoms with E-state index in [0.29, 0.717) is 47.8 Å². The van der Waals surface area contributed by atoms with Crippen molar-refractivity contribution in [3.63, 3.8) is 0 Å². The van der Waals surface area contributed by atoms with Crippen LogP contribution in [0.25, 0.3) is 11.3 Å². The first-order valence-electron chi connectivity index (χ1n) is 16.8. The van der Waals surface area contributed by atoms with E-state index in [1.165, 1.54) is 5.56 Å². The summed E-state index contributed by atoms with van der Waals surface area (Å²) >= 11 is 0. The average Bonchev–Trinajstić information content (AvgIpc) is 3.67. The van der Waals surface area contributed by atoms with Gasteiger partial charge in [-0.2, -0.15) is 0 Å². The van der Waals surface area contributed by atoms with Crippen LogP contribution in [0.15, 0.2) is 91.0 Å². The van der Waals surface area contributed by atoms with Crippen LogP contribution in [0.3, 0.4) is 0 Å². The zero-order valence-electron chi connectivity index (χ0n) is 28.9. The summed E-state index contributed by atoms with van der Waals surface area (Å²) in [6, 6.07) is 27.8. The second-order valence-corrected chi connectivity index (χ2v) is 13.4. The highest BCUT2D eigenvalue weighted by atomic mass is 16.6. The lowest BCUT2D eigenvalue weighted by Crippen LogP contribution is -2.42. The fourth-order valence-electron chi connectivity index (χ4n) is 6.99. The highest BCUT2D eigenvalue weighted by molar-refractivity contribution is 6.08. The molecule has 0 radical (unpaired) electrons. The lowest BCUT2D eigenvalue weighted by Gasteiger charge is -2.35. The largest absolute Gasteiger partial charge is 0.508 e. The molecule has 3 amide bonds. The molecule has 0 aliphatic carbocycles. The normalized spacial score (nSPS) is 15.0. The topological polar surface area (TPSA) is 95.3 Å². The third-order valence-corrected chi connectivity index (χ3v) is 10.1. The van der Waals surface area contributed by atoms with Gasteiger partial charge in [-0.15, -0.1) is 0 Å². The summed E-state index contributed by atoms with van der Waals surface area (Å²) in [5, 5.41) is 9.76. The molecule has 50 heavy (non-hydrogen) atoms. The van der Waals surface area contributed by atoms with E-state index in [-0.39, 0.29) is 23.6 Å². The molecule has 0 fully saturated rings. The van der Waals surface area contributed by atoms with Crippen LogP contribution in [0.1, 0.15) is 61.2 Å². The van der Waals surface area contributed by atoms with Crippen LogP contribution in [-0.2, 0) is 33.1 Å². The summed E-state index contributed by atoms with van der Waals surface area (Å²) in [7, 11) is 3.60. The second-order valence-electron chi connectivity index (χ2n) is 13.4. The number of phenols is 1. The number of aryl methyl sites for hydroxylation is 1. The van der Waals surface area contributed by atoms with Gasteiger partial charge in [0.15, 0.2) is 0 Å². The molecule has 1 N–H and O–H groups in total. The van der Waals surface area contributed by atoms with Gasteiger partial charge in [-0.05, 0) is 104 Å². The van der Waals surface area contributed by atoms with Crippen LogP contribution in [0.4, 0.5) is 10.5 Å². The SMILES string of the molecule is Cc1ccc(OC(=O)N2Cc3cc(C(=O)N4Cc5ccccc5C[C@H]4C)c(-c4cc(C(=O)N(C)c5ccc(O)cc5)c(C)n4C)cc3C2)cc1. The number of amides is 3. The van der Waals surface area contributed by atoms with Crippen molar-refractivity contribution in [3.8, 4) is 22.8 Å². The van der Waals surface area contributed by atoms with E-state index >= 15 is 0 Å². The highest BCUT2D eigenvalue weighted by Crippen LogP contribution is 2.37. The number of phenolic OH excluding ortho intramolecular Hbond substituents is 1. The molecular formula is C41H40N4O5. The number of aromatic hydroxyl groups is 1. The number of rotatable bonds is 5. The average molecular weight is 669 g/mol. The lowest BCUT2D eigenvalue weighted by molar-refractivity contribution is 0.0658. The first kappa shape index (κ1) is 32.7. The van der Waals surface area contributed by atoms with Gasteiger partial charge < -0.3 is 24.2 Å². The van der Waals surface area contributed by atoms with Crippen molar-refractivity contribution in [2.75, 3.05) is 11.9 Å². The minimum atomic E-state index is -0.458. The van der Waals surface area contributed by atoms with Crippen LogP contribution in [-0.4, -0.2) is 50.5 Å². The summed E-state index contributed by atoms with van der Waals surface area (Å²) in [6.07, 6.45) is 0.298. The number of benzene rings is 4. The Bertz CT molecular complexity index is 2130.